The van der Waals surface area contributed by atoms with Crippen LogP contribution in [-0.4, -0.2) is 15.0 Å². The van der Waals surface area contributed by atoms with Crippen LogP contribution in [0.3, 0.4) is 0 Å². The topological polar surface area (TPSA) is 51.8 Å². The summed E-state index contributed by atoms with van der Waals surface area (Å²) in [5.74, 6) is 1.92. The summed E-state index contributed by atoms with van der Waals surface area (Å²) in [6.45, 7) is 2.10. The molecule has 5 aromatic carbocycles. The lowest BCUT2D eigenvalue weighted by Crippen LogP contribution is -2.01. The van der Waals surface area contributed by atoms with Crippen molar-refractivity contribution in [3.05, 3.63) is 115 Å². The first-order chi connectivity index (χ1) is 17.7. The summed E-state index contributed by atoms with van der Waals surface area (Å²) in [5, 5.41) is 4.25. The van der Waals surface area contributed by atoms with Crippen LogP contribution in [0.1, 0.15) is 5.56 Å². The van der Waals surface area contributed by atoms with Gasteiger partial charge in [-0.15, -0.1) is 0 Å². The molecule has 36 heavy (non-hydrogen) atoms. The van der Waals surface area contributed by atoms with Crippen LogP contribution in [0.5, 0.6) is 0 Å². The zero-order chi connectivity index (χ0) is 24.1. The van der Waals surface area contributed by atoms with Gasteiger partial charge >= 0.3 is 0 Å². The third-order valence-electron chi connectivity index (χ3n) is 6.56. The molecule has 7 aromatic rings. The summed E-state index contributed by atoms with van der Waals surface area (Å²) in [6.07, 6.45) is 0. The number of aryl methyl sites for hydroxylation is 1. The lowest BCUT2D eigenvalue weighted by Gasteiger charge is -2.11. The summed E-state index contributed by atoms with van der Waals surface area (Å²) < 4.78 is 6.34. The van der Waals surface area contributed by atoms with Gasteiger partial charge in [0.05, 0.1) is 0 Å². The first-order valence-electron chi connectivity index (χ1n) is 12.0. The molecule has 0 amide bonds. The Morgan fingerprint density at radius 1 is 0.528 bits per heavy atom. The number of fused-ring (bicyclic) bond motifs is 4. The highest BCUT2D eigenvalue weighted by Crippen LogP contribution is 2.41. The molecule has 4 nitrogen and oxygen atoms in total. The van der Waals surface area contributed by atoms with Crippen molar-refractivity contribution >= 4 is 32.7 Å². The summed E-state index contributed by atoms with van der Waals surface area (Å²) in [4.78, 5) is 15.0. The Kier molecular flexibility index (Phi) is 4.64. The van der Waals surface area contributed by atoms with Crippen LogP contribution in [0.25, 0.3) is 66.9 Å². The fourth-order valence-electron chi connectivity index (χ4n) is 4.87. The summed E-state index contributed by atoms with van der Waals surface area (Å²) in [6, 6.07) is 36.9. The highest BCUT2D eigenvalue weighted by molar-refractivity contribution is 6.20. The highest BCUT2D eigenvalue weighted by Gasteiger charge is 2.20. The van der Waals surface area contributed by atoms with E-state index in [1.54, 1.807) is 0 Å². The van der Waals surface area contributed by atoms with Gasteiger partial charge in [0.25, 0.3) is 0 Å². The van der Waals surface area contributed by atoms with Crippen LogP contribution in [0.4, 0.5) is 0 Å². The molecule has 0 fully saturated rings. The van der Waals surface area contributed by atoms with Crippen molar-refractivity contribution in [2.75, 3.05) is 0 Å². The second-order valence-corrected chi connectivity index (χ2v) is 8.99. The van der Waals surface area contributed by atoms with Crippen LogP contribution in [-0.2, 0) is 0 Å². The average Bonchev–Trinajstić information content (AvgIpc) is 3.29. The van der Waals surface area contributed by atoms with E-state index >= 15 is 0 Å². The molecule has 0 radical (unpaired) electrons. The minimum atomic E-state index is 0.633. The van der Waals surface area contributed by atoms with Crippen LogP contribution < -0.4 is 0 Å². The third-order valence-corrected chi connectivity index (χ3v) is 6.56. The number of rotatable bonds is 3. The summed E-state index contributed by atoms with van der Waals surface area (Å²) in [5.41, 5.74) is 5.71. The molecular weight excluding hydrogens is 442 g/mol. The number of aromatic nitrogens is 3. The monoisotopic (exact) mass is 463 g/mol. The van der Waals surface area contributed by atoms with E-state index in [1.165, 1.54) is 5.56 Å². The van der Waals surface area contributed by atoms with Gasteiger partial charge in [0.15, 0.2) is 17.5 Å². The number of hydrogen-bond acceptors (Lipinski definition) is 4. The molecule has 0 N–H and O–H groups in total. The lowest BCUT2D eigenvalue weighted by atomic mass is 9.97. The molecule has 2 heterocycles. The second-order valence-electron chi connectivity index (χ2n) is 8.99. The lowest BCUT2D eigenvalue weighted by molar-refractivity contribution is 0.669. The maximum atomic E-state index is 6.34. The molecular formula is C32H21N3O. The minimum Gasteiger partial charge on any atom is -0.456 e. The van der Waals surface area contributed by atoms with E-state index in [0.29, 0.717) is 17.5 Å². The maximum Gasteiger partial charge on any atom is 0.165 e. The van der Waals surface area contributed by atoms with Crippen LogP contribution in [0.15, 0.2) is 114 Å². The summed E-state index contributed by atoms with van der Waals surface area (Å²) in [7, 11) is 0. The van der Waals surface area contributed by atoms with Crippen molar-refractivity contribution in [1.29, 1.82) is 0 Å². The normalized spacial score (nSPS) is 11.5. The molecule has 4 heteroatoms. The van der Waals surface area contributed by atoms with Crippen molar-refractivity contribution in [2.24, 2.45) is 0 Å². The van der Waals surface area contributed by atoms with Crippen molar-refractivity contribution in [3.8, 4) is 34.2 Å². The van der Waals surface area contributed by atoms with Gasteiger partial charge in [-0.05, 0) is 35.9 Å². The van der Waals surface area contributed by atoms with Crippen molar-refractivity contribution in [3.63, 3.8) is 0 Å². The highest BCUT2D eigenvalue weighted by atomic mass is 16.3. The number of furan rings is 1. The standard InChI is InChI=1S/C32H21N3O/c1-20-16-17-26-25(18-20)28-27(36-26)19-23-14-8-9-15-24(23)29(28)32-34-30(21-10-4-2-5-11-21)33-31(35-32)22-12-6-3-7-13-22/h2-19H,1H3. The SMILES string of the molecule is Cc1ccc2oc3cc4ccccc4c(-c4nc(-c5ccccc5)nc(-c5ccccc5)n4)c3c2c1. The predicted octanol–water partition coefficient (Wildman–Crippen LogP) is 8.23. The van der Waals surface area contributed by atoms with E-state index < -0.39 is 0 Å². The molecule has 0 saturated carbocycles. The molecule has 0 aliphatic rings. The zero-order valence-electron chi connectivity index (χ0n) is 19.6. The Labute approximate surface area is 207 Å². The van der Waals surface area contributed by atoms with Gasteiger partial charge in [0, 0.05) is 27.5 Å². The van der Waals surface area contributed by atoms with E-state index in [2.05, 4.69) is 43.3 Å². The smallest absolute Gasteiger partial charge is 0.165 e. The third kappa shape index (κ3) is 3.35. The first-order valence-corrected chi connectivity index (χ1v) is 12.0. The molecule has 170 valence electrons. The molecule has 0 spiro atoms. The largest absolute Gasteiger partial charge is 0.456 e. The molecule has 0 bridgehead atoms. The van der Waals surface area contributed by atoms with Crippen LogP contribution in [0.2, 0.25) is 0 Å². The van der Waals surface area contributed by atoms with Gasteiger partial charge in [0.1, 0.15) is 11.2 Å². The van der Waals surface area contributed by atoms with Crippen LogP contribution in [0, 0.1) is 6.92 Å². The maximum absolute atomic E-state index is 6.34. The molecule has 7 rings (SSSR count). The molecule has 0 aliphatic heterocycles. The van der Waals surface area contributed by atoms with E-state index in [4.69, 9.17) is 19.4 Å². The predicted molar refractivity (Wildman–Crippen MR) is 146 cm³/mol. The van der Waals surface area contributed by atoms with Crippen molar-refractivity contribution < 1.29 is 4.42 Å². The quantitative estimate of drug-likeness (QED) is 0.265. The average molecular weight is 464 g/mol. The van der Waals surface area contributed by atoms with Gasteiger partial charge in [-0.25, -0.2) is 15.0 Å². The van der Waals surface area contributed by atoms with Gasteiger partial charge in [-0.1, -0.05) is 96.6 Å². The Morgan fingerprint density at radius 3 is 1.83 bits per heavy atom. The van der Waals surface area contributed by atoms with Gasteiger partial charge in [0.2, 0.25) is 0 Å². The molecule has 2 aromatic heterocycles. The van der Waals surface area contributed by atoms with Gasteiger partial charge < -0.3 is 4.42 Å². The van der Waals surface area contributed by atoms with E-state index in [9.17, 15) is 0 Å². The molecule has 0 unspecified atom stereocenters. The van der Waals surface area contributed by atoms with Crippen LogP contribution >= 0.6 is 0 Å². The molecule has 0 saturated heterocycles. The van der Waals surface area contributed by atoms with E-state index in [-0.39, 0.29) is 0 Å². The fraction of sp³-hybridized carbons (Fsp3) is 0.0312. The Balaban J connectivity index is 1.63. The minimum absolute atomic E-state index is 0.633. The Hall–Kier alpha value is -4.83. The van der Waals surface area contributed by atoms with Crippen molar-refractivity contribution in [2.45, 2.75) is 6.92 Å². The van der Waals surface area contributed by atoms with E-state index in [0.717, 1.165) is 49.4 Å². The zero-order valence-corrected chi connectivity index (χ0v) is 19.6. The Bertz CT molecular complexity index is 1830. The number of benzene rings is 5. The van der Waals surface area contributed by atoms with Crippen molar-refractivity contribution in [1.82, 2.24) is 15.0 Å². The number of hydrogen-bond donors (Lipinski definition) is 0. The van der Waals surface area contributed by atoms with Gasteiger partial charge in [-0.2, -0.15) is 0 Å². The fourth-order valence-corrected chi connectivity index (χ4v) is 4.87. The summed E-state index contributed by atoms with van der Waals surface area (Å²) >= 11 is 0. The molecule has 0 atom stereocenters. The number of nitrogens with zero attached hydrogens (tertiary/aromatic N) is 3. The molecule has 0 aliphatic carbocycles. The first kappa shape index (κ1) is 20.5. The van der Waals surface area contributed by atoms with E-state index in [1.807, 2.05) is 72.8 Å². The Morgan fingerprint density at radius 2 is 1.14 bits per heavy atom. The van der Waals surface area contributed by atoms with Gasteiger partial charge in [-0.3, -0.25) is 0 Å². The second kappa shape index (κ2) is 8.14.